The van der Waals surface area contributed by atoms with Gasteiger partial charge in [0.1, 0.15) is 0 Å². The summed E-state index contributed by atoms with van der Waals surface area (Å²) in [5.41, 5.74) is 6.14. The van der Waals surface area contributed by atoms with Crippen molar-refractivity contribution in [3.05, 3.63) is 0 Å². The molecule has 0 spiro atoms. The van der Waals surface area contributed by atoms with Crippen molar-refractivity contribution < 1.29 is 4.79 Å². The lowest BCUT2D eigenvalue weighted by Crippen LogP contribution is -2.41. The SMILES string of the molecule is CC(=O)N1CCCN(C(N)=NC2CCCCC2)CC1. The highest BCUT2D eigenvalue weighted by Gasteiger charge is 2.19. The van der Waals surface area contributed by atoms with Crippen LogP contribution in [0.15, 0.2) is 4.99 Å². The Morgan fingerprint density at radius 2 is 1.63 bits per heavy atom. The molecular formula is C14H26N4O. The van der Waals surface area contributed by atoms with Gasteiger partial charge in [-0.25, -0.2) is 4.99 Å². The Kier molecular flexibility index (Phi) is 5.05. The zero-order valence-electron chi connectivity index (χ0n) is 12.0. The molecule has 0 aromatic heterocycles. The van der Waals surface area contributed by atoms with Gasteiger partial charge in [0.15, 0.2) is 5.96 Å². The summed E-state index contributed by atoms with van der Waals surface area (Å²) >= 11 is 0. The predicted molar refractivity (Wildman–Crippen MR) is 76.9 cm³/mol. The van der Waals surface area contributed by atoms with Crippen LogP contribution in [0.3, 0.4) is 0 Å². The summed E-state index contributed by atoms with van der Waals surface area (Å²) in [6, 6.07) is 0.418. The van der Waals surface area contributed by atoms with Crippen LogP contribution in [0.25, 0.3) is 0 Å². The molecule has 1 amide bonds. The van der Waals surface area contributed by atoms with E-state index in [0.29, 0.717) is 12.0 Å². The van der Waals surface area contributed by atoms with E-state index in [9.17, 15) is 4.79 Å². The van der Waals surface area contributed by atoms with Gasteiger partial charge in [0.2, 0.25) is 5.91 Å². The van der Waals surface area contributed by atoms with Crippen molar-refractivity contribution in [2.24, 2.45) is 10.7 Å². The van der Waals surface area contributed by atoms with Gasteiger partial charge in [-0.2, -0.15) is 0 Å². The summed E-state index contributed by atoms with van der Waals surface area (Å²) in [4.78, 5) is 20.1. The van der Waals surface area contributed by atoms with E-state index >= 15 is 0 Å². The number of hydrogen-bond donors (Lipinski definition) is 1. The first-order valence-electron chi connectivity index (χ1n) is 7.50. The van der Waals surface area contributed by atoms with E-state index in [2.05, 4.69) is 9.89 Å². The molecule has 0 unspecified atom stereocenters. The van der Waals surface area contributed by atoms with E-state index < -0.39 is 0 Å². The third-order valence-electron chi connectivity index (χ3n) is 4.15. The largest absolute Gasteiger partial charge is 0.370 e. The lowest BCUT2D eigenvalue weighted by Gasteiger charge is -2.25. The zero-order chi connectivity index (χ0) is 13.7. The lowest BCUT2D eigenvalue weighted by atomic mass is 9.96. The molecule has 2 aliphatic rings. The van der Waals surface area contributed by atoms with Crippen LogP contribution < -0.4 is 5.73 Å². The fraction of sp³-hybridized carbons (Fsp3) is 0.857. The Morgan fingerprint density at radius 1 is 1.00 bits per heavy atom. The summed E-state index contributed by atoms with van der Waals surface area (Å²) in [5.74, 6) is 0.835. The quantitative estimate of drug-likeness (QED) is 0.573. The van der Waals surface area contributed by atoms with Gasteiger partial charge in [0, 0.05) is 33.1 Å². The molecule has 2 N–H and O–H groups in total. The maximum absolute atomic E-state index is 11.4. The molecule has 1 aliphatic heterocycles. The average Bonchev–Trinajstić information content (AvgIpc) is 2.65. The van der Waals surface area contributed by atoms with Gasteiger partial charge in [0.25, 0.3) is 0 Å². The Balaban J connectivity index is 1.89. The van der Waals surface area contributed by atoms with E-state index in [1.807, 2.05) is 4.90 Å². The van der Waals surface area contributed by atoms with Crippen molar-refractivity contribution in [1.82, 2.24) is 9.80 Å². The minimum absolute atomic E-state index is 0.157. The van der Waals surface area contributed by atoms with Gasteiger partial charge in [-0.1, -0.05) is 19.3 Å². The van der Waals surface area contributed by atoms with Crippen LogP contribution in [0.4, 0.5) is 0 Å². The van der Waals surface area contributed by atoms with Gasteiger partial charge in [0.05, 0.1) is 6.04 Å². The molecule has 0 aromatic carbocycles. The number of amides is 1. The lowest BCUT2D eigenvalue weighted by molar-refractivity contribution is -0.128. The zero-order valence-corrected chi connectivity index (χ0v) is 12.0. The van der Waals surface area contributed by atoms with Crippen LogP contribution in [-0.2, 0) is 4.79 Å². The molecule has 5 heteroatoms. The first kappa shape index (κ1) is 14.2. The van der Waals surface area contributed by atoms with Gasteiger partial charge in [-0.05, 0) is 19.3 Å². The van der Waals surface area contributed by atoms with E-state index in [1.165, 1.54) is 32.1 Å². The van der Waals surface area contributed by atoms with Crippen LogP contribution >= 0.6 is 0 Å². The molecule has 0 bridgehead atoms. The molecular weight excluding hydrogens is 240 g/mol. The van der Waals surface area contributed by atoms with E-state index in [1.54, 1.807) is 6.92 Å². The molecule has 19 heavy (non-hydrogen) atoms. The molecule has 2 rings (SSSR count). The maximum atomic E-state index is 11.4. The van der Waals surface area contributed by atoms with Gasteiger partial charge in [-0.3, -0.25) is 4.79 Å². The second kappa shape index (κ2) is 6.78. The number of nitrogens with zero attached hydrogens (tertiary/aromatic N) is 3. The van der Waals surface area contributed by atoms with Gasteiger partial charge >= 0.3 is 0 Å². The monoisotopic (exact) mass is 266 g/mol. The number of nitrogens with two attached hydrogens (primary N) is 1. The number of rotatable bonds is 1. The van der Waals surface area contributed by atoms with Crippen LogP contribution in [0.5, 0.6) is 0 Å². The van der Waals surface area contributed by atoms with Crippen molar-refractivity contribution in [1.29, 1.82) is 0 Å². The number of carbonyl (C=O) groups is 1. The average molecular weight is 266 g/mol. The topological polar surface area (TPSA) is 61.9 Å². The van der Waals surface area contributed by atoms with Crippen LogP contribution in [0, 0.1) is 0 Å². The van der Waals surface area contributed by atoms with Crippen LogP contribution in [0.1, 0.15) is 45.4 Å². The second-order valence-corrected chi connectivity index (χ2v) is 5.63. The smallest absolute Gasteiger partial charge is 0.219 e. The number of carbonyl (C=O) groups excluding carboxylic acids is 1. The number of guanidine groups is 1. The molecule has 108 valence electrons. The Morgan fingerprint density at radius 3 is 2.32 bits per heavy atom. The van der Waals surface area contributed by atoms with Crippen molar-refractivity contribution in [3.8, 4) is 0 Å². The van der Waals surface area contributed by atoms with Crippen molar-refractivity contribution in [3.63, 3.8) is 0 Å². The van der Waals surface area contributed by atoms with Gasteiger partial charge in [-0.15, -0.1) is 0 Å². The molecule has 0 radical (unpaired) electrons. The van der Waals surface area contributed by atoms with Gasteiger partial charge < -0.3 is 15.5 Å². The predicted octanol–water partition coefficient (Wildman–Crippen LogP) is 1.19. The van der Waals surface area contributed by atoms with Crippen molar-refractivity contribution >= 4 is 11.9 Å². The third-order valence-corrected chi connectivity index (χ3v) is 4.15. The first-order chi connectivity index (χ1) is 9.16. The third kappa shape index (κ3) is 4.11. The normalized spacial score (nSPS) is 23.3. The van der Waals surface area contributed by atoms with E-state index in [-0.39, 0.29) is 5.91 Å². The molecule has 1 saturated carbocycles. The molecule has 0 atom stereocenters. The number of hydrogen-bond acceptors (Lipinski definition) is 2. The standard InChI is InChI=1S/C14H26N4O/c1-12(19)17-8-5-9-18(11-10-17)14(15)16-13-6-3-2-4-7-13/h13H,2-11H2,1H3,(H2,15,16). The molecule has 1 heterocycles. The summed E-state index contributed by atoms with van der Waals surface area (Å²) in [7, 11) is 0. The Hall–Kier alpha value is -1.26. The summed E-state index contributed by atoms with van der Waals surface area (Å²) in [6.45, 7) is 4.95. The molecule has 0 aromatic rings. The fourth-order valence-corrected chi connectivity index (χ4v) is 2.94. The van der Waals surface area contributed by atoms with E-state index in [4.69, 9.17) is 5.73 Å². The summed E-state index contributed by atoms with van der Waals surface area (Å²) in [6.07, 6.45) is 7.21. The Bertz CT molecular complexity index is 336. The first-order valence-corrected chi connectivity index (χ1v) is 7.50. The minimum Gasteiger partial charge on any atom is -0.370 e. The summed E-state index contributed by atoms with van der Waals surface area (Å²) < 4.78 is 0. The summed E-state index contributed by atoms with van der Waals surface area (Å²) in [5, 5.41) is 0. The molecule has 5 nitrogen and oxygen atoms in total. The van der Waals surface area contributed by atoms with Crippen molar-refractivity contribution in [2.75, 3.05) is 26.2 Å². The fourth-order valence-electron chi connectivity index (χ4n) is 2.94. The molecule has 1 aliphatic carbocycles. The number of aliphatic imine (C=N–C) groups is 1. The highest BCUT2D eigenvalue weighted by atomic mass is 16.2. The van der Waals surface area contributed by atoms with Crippen LogP contribution in [0.2, 0.25) is 0 Å². The van der Waals surface area contributed by atoms with Crippen LogP contribution in [-0.4, -0.2) is 53.9 Å². The van der Waals surface area contributed by atoms with E-state index in [0.717, 1.165) is 32.6 Å². The second-order valence-electron chi connectivity index (χ2n) is 5.63. The molecule has 2 fully saturated rings. The minimum atomic E-state index is 0.157. The highest BCUT2D eigenvalue weighted by molar-refractivity contribution is 5.78. The highest BCUT2D eigenvalue weighted by Crippen LogP contribution is 2.20. The Labute approximate surface area is 115 Å². The maximum Gasteiger partial charge on any atom is 0.219 e. The van der Waals surface area contributed by atoms with Crippen molar-refractivity contribution in [2.45, 2.75) is 51.5 Å². The molecule has 1 saturated heterocycles.